The summed E-state index contributed by atoms with van der Waals surface area (Å²) in [5.41, 5.74) is 6.07. The van der Waals surface area contributed by atoms with Gasteiger partial charge in [0.05, 0.1) is 0 Å². The fourth-order valence-corrected chi connectivity index (χ4v) is 1.53. The highest BCUT2D eigenvalue weighted by Gasteiger charge is 2.10. The first-order valence-corrected chi connectivity index (χ1v) is 5.64. The molecule has 0 fully saturated rings. The van der Waals surface area contributed by atoms with E-state index in [9.17, 15) is 4.79 Å². The van der Waals surface area contributed by atoms with Crippen molar-refractivity contribution in [3.8, 4) is 0 Å². The molecule has 0 spiro atoms. The number of nitrogens with two attached hydrogens (primary N) is 1. The summed E-state index contributed by atoms with van der Waals surface area (Å²) in [7, 11) is 0. The lowest BCUT2D eigenvalue weighted by Gasteiger charge is -2.16. The molecule has 1 aromatic heterocycles. The molecule has 1 rings (SSSR count). The predicted octanol–water partition coefficient (Wildman–Crippen LogP) is 0.893. The fraction of sp³-hybridized carbons (Fsp3) is 0.545. The molecule has 1 heterocycles. The van der Waals surface area contributed by atoms with Gasteiger partial charge in [-0.3, -0.25) is 4.79 Å². The van der Waals surface area contributed by atoms with Crippen molar-refractivity contribution < 1.29 is 4.79 Å². The van der Waals surface area contributed by atoms with Crippen molar-refractivity contribution in [1.82, 2.24) is 9.97 Å². The number of amides is 1. The standard InChI is InChI=1S/C11H19N5O/c1-4-13-10-8(3)11(15-6-14-10)16-7(2)5-9(12)17/h6-7H,4-5H2,1-3H3,(H2,12,17)(H2,13,14,15,16). The van der Waals surface area contributed by atoms with Gasteiger partial charge in [-0.2, -0.15) is 0 Å². The zero-order valence-electron chi connectivity index (χ0n) is 10.4. The fourth-order valence-electron chi connectivity index (χ4n) is 1.53. The van der Waals surface area contributed by atoms with Crippen LogP contribution in [0, 0.1) is 6.92 Å². The van der Waals surface area contributed by atoms with E-state index in [1.165, 1.54) is 6.33 Å². The topological polar surface area (TPSA) is 92.9 Å². The quantitative estimate of drug-likeness (QED) is 0.683. The highest BCUT2D eigenvalue weighted by atomic mass is 16.1. The van der Waals surface area contributed by atoms with Crippen LogP contribution < -0.4 is 16.4 Å². The molecule has 0 aliphatic carbocycles. The Labute approximate surface area is 101 Å². The van der Waals surface area contributed by atoms with Crippen molar-refractivity contribution >= 4 is 17.5 Å². The molecule has 1 unspecified atom stereocenters. The van der Waals surface area contributed by atoms with E-state index in [0.717, 1.165) is 23.7 Å². The number of anilines is 2. The van der Waals surface area contributed by atoms with Gasteiger partial charge in [-0.25, -0.2) is 9.97 Å². The molecule has 1 amide bonds. The molecule has 0 saturated carbocycles. The van der Waals surface area contributed by atoms with E-state index in [2.05, 4.69) is 20.6 Å². The lowest BCUT2D eigenvalue weighted by molar-refractivity contribution is -0.118. The molecule has 4 N–H and O–H groups in total. The maximum Gasteiger partial charge on any atom is 0.219 e. The lowest BCUT2D eigenvalue weighted by atomic mass is 10.2. The van der Waals surface area contributed by atoms with Gasteiger partial charge in [0.1, 0.15) is 18.0 Å². The Balaban J connectivity index is 2.77. The van der Waals surface area contributed by atoms with Crippen LogP contribution in [0.25, 0.3) is 0 Å². The summed E-state index contributed by atoms with van der Waals surface area (Å²) in [5, 5.41) is 6.30. The monoisotopic (exact) mass is 237 g/mol. The third-order valence-corrected chi connectivity index (χ3v) is 2.32. The van der Waals surface area contributed by atoms with Crippen molar-refractivity contribution in [3.63, 3.8) is 0 Å². The highest BCUT2D eigenvalue weighted by Crippen LogP contribution is 2.18. The number of primary amides is 1. The normalized spacial score (nSPS) is 11.9. The highest BCUT2D eigenvalue weighted by molar-refractivity contribution is 5.75. The Morgan fingerprint density at radius 3 is 2.71 bits per heavy atom. The summed E-state index contributed by atoms with van der Waals surface area (Å²) >= 11 is 0. The predicted molar refractivity (Wildman–Crippen MR) is 67.8 cm³/mol. The number of hydrogen-bond acceptors (Lipinski definition) is 5. The van der Waals surface area contributed by atoms with E-state index in [1.54, 1.807) is 0 Å². The van der Waals surface area contributed by atoms with Crippen molar-refractivity contribution in [2.45, 2.75) is 33.2 Å². The van der Waals surface area contributed by atoms with Crippen LogP contribution in [0.15, 0.2) is 6.33 Å². The second kappa shape index (κ2) is 6.03. The molecule has 1 aromatic rings. The number of carbonyl (C=O) groups excluding carboxylic acids is 1. The zero-order chi connectivity index (χ0) is 12.8. The second-order valence-corrected chi connectivity index (χ2v) is 3.94. The Hall–Kier alpha value is -1.85. The molecule has 17 heavy (non-hydrogen) atoms. The largest absolute Gasteiger partial charge is 0.370 e. The molecule has 6 nitrogen and oxygen atoms in total. The van der Waals surface area contributed by atoms with Crippen LogP contribution in [-0.4, -0.2) is 28.5 Å². The Morgan fingerprint density at radius 2 is 2.12 bits per heavy atom. The summed E-state index contributed by atoms with van der Waals surface area (Å²) < 4.78 is 0. The van der Waals surface area contributed by atoms with Gasteiger partial charge < -0.3 is 16.4 Å². The Bertz CT molecular complexity index is 393. The van der Waals surface area contributed by atoms with Crippen molar-refractivity contribution in [1.29, 1.82) is 0 Å². The Kier molecular flexibility index (Phi) is 4.68. The first kappa shape index (κ1) is 13.2. The summed E-state index contributed by atoms with van der Waals surface area (Å²) in [6.45, 7) is 6.62. The number of nitrogens with one attached hydrogen (secondary N) is 2. The number of rotatable bonds is 6. The van der Waals surface area contributed by atoms with Crippen molar-refractivity contribution in [2.75, 3.05) is 17.2 Å². The average molecular weight is 237 g/mol. The first-order chi connectivity index (χ1) is 8.04. The van der Waals surface area contributed by atoms with Crippen LogP contribution in [-0.2, 0) is 4.79 Å². The molecule has 1 atom stereocenters. The molecule has 0 saturated heterocycles. The van der Waals surface area contributed by atoms with E-state index >= 15 is 0 Å². The molecule has 0 aliphatic rings. The smallest absolute Gasteiger partial charge is 0.219 e. The van der Waals surface area contributed by atoms with Gasteiger partial charge in [-0.1, -0.05) is 0 Å². The zero-order valence-corrected chi connectivity index (χ0v) is 10.4. The van der Waals surface area contributed by atoms with Crippen LogP contribution in [0.3, 0.4) is 0 Å². The summed E-state index contributed by atoms with van der Waals surface area (Å²) in [6.07, 6.45) is 1.77. The molecule has 0 bridgehead atoms. The third-order valence-electron chi connectivity index (χ3n) is 2.32. The molecular formula is C11H19N5O. The van der Waals surface area contributed by atoms with Crippen LogP contribution >= 0.6 is 0 Å². The average Bonchev–Trinajstić information content (AvgIpc) is 2.23. The van der Waals surface area contributed by atoms with E-state index in [0.29, 0.717) is 0 Å². The molecule has 6 heteroatoms. The molecule has 0 aliphatic heterocycles. The van der Waals surface area contributed by atoms with Gasteiger partial charge in [-0.15, -0.1) is 0 Å². The number of aromatic nitrogens is 2. The molecule has 0 radical (unpaired) electrons. The number of nitrogens with zero attached hydrogens (tertiary/aromatic N) is 2. The SMILES string of the molecule is CCNc1ncnc(NC(C)CC(N)=O)c1C. The minimum atomic E-state index is -0.330. The number of hydrogen-bond donors (Lipinski definition) is 3. The molecular weight excluding hydrogens is 218 g/mol. The number of carbonyl (C=O) groups is 1. The summed E-state index contributed by atoms with van der Waals surface area (Å²) in [4.78, 5) is 19.1. The summed E-state index contributed by atoms with van der Waals surface area (Å²) in [5.74, 6) is 1.20. The first-order valence-electron chi connectivity index (χ1n) is 5.64. The van der Waals surface area contributed by atoms with E-state index < -0.39 is 0 Å². The van der Waals surface area contributed by atoms with Gasteiger partial charge in [0.15, 0.2) is 0 Å². The van der Waals surface area contributed by atoms with E-state index in [-0.39, 0.29) is 18.4 Å². The maximum absolute atomic E-state index is 10.8. The van der Waals surface area contributed by atoms with Gasteiger partial charge in [0.25, 0.3) is 0 Å². The Morgan fingerprint density at radius 1 is 1.47 bits per heavy atom. The van der Waals surface area contributed by atoms with Crippen molar-refractivity contribution in [3.05, 3.63) is 11.9 Å². The van der Waals surface area contributed by atoms with Crippen molar-refractivity contribution in [2.24, 2.45) is 5.73 Å². The second-order valence-electron chi connectivity index (χ2n) is 3.94. The lowest BCUT2D eigenvalue weighted by Crippen LogP contribution is -2.25. The van der Waals surface area contributed by atoms with E-state index in [1.807, 2.05) is 20.8 Å². The van der Waals surface area contributed by atoms with E-state index in [4.69, 9.17) is 5.73 Å². The van der Waals surface area contributed by atoms with Crippen LogP contribution in [0.1, 0.15) is 25.8 Å². The van der Waals surface area contributed by atoms with Crippen LogP contribution in [0.5, 0.6) is 0 Å². The minimum Gasteiger partial charge on any atom is -0.370 e. The third kappa shape index (κ3) is 3.90. The van der Waals surface area contributed by atoms with Gasteiger partial charge >= 0.3 is 0 Å². The minimum absolute atomic E-state index is 0.0458. The van der Waals surface area contributed by atoms with Gasteiger partial charge in [0, 0.05) is 24.6 Å². The van der Waals surface area contributed by atoms with Crippen LogP contribution in [0.2, 0.25) is 0 Å². The molecule has 94 valence electrons. The molecule has 0 aromatic carbocycles. The van der Waals surface area contributed by atoms with Gasteiger partial charge in [0.2, 0.25) is 5.91 Å². The maximum atomic E-state index is 10.8. The van der Waals surface area contributed by atoms with Gasteiger partial charge in [-0.05, 0) is 20.8 Å². The summed E-state index contributed by atoms with van der Waals surface area (Å²) in [6, 6.07) is -0.0458. The van der Waals surface area contributed by atoms with Crippen LogP contribution in [0.4, 0.5) is 11.6 Å².